The average molecular weight is 289 g/mol. The fourth-order valence-corrected chi connectivity index (χ4v) is 2.67. The highest BCUT2D eigenvalue weighted by Crippen LogP contribution is 2.28. The van der Waals surface area contributed by atoms with Gasteiger partial charge in [-0.05, 0) is 50.6 Å². The van der Waals surface area contributed by atoms with Crippen molar-refractivity contribution in [2.75, 3.05) is 6.54 Å². The predicted octanol–water partition coefficient (Wildman–Crippen LogP) is 4.59. The minimum atomic E-state index is -0.376. The molecular weight excluding hydrogens is 268 g/mol. The smallest absolute Gasteiger partial charge is 0.128 e. The van der Waals surface area contributed by atoms with E-state index in [4.69, 9.17) is 0 Å². The monoisotopic (exact) mass is 289 g/mol. The van der Waals surface area contributed by atoms with Crippen LogP contribution in [0.25, 0.3) is 0 Å². The zero-order chi connectivity index (χ0) is 15.6. The zero-order valence-corrected chi connectivity index (χ0v) is 12.9. The molecule has 1 nitrogen and oxygen atoms in total. The molecule has 0 bridgehead atoms. The van der Waals surface area contributed by atoms with Crippen LogP contribution in [-0.2, 0) is 0 Å². The largest absolute Gasteiger partial charge is 0.306 e. The molecule has 0 spiro atoms. The van der Waals surface area contributed by atoms with Crippen molar-refractivity contribution in [2.45, 2.75) is 33.7 Å². The molecule has 1 unspecified atom stereocenters. The second-order valence-corrected chi connectivity index (χ2v) is 5.53. The van der Waals surface area contributed by atoms with Crippen LogP contribution in [0.1, 0.15) is 40.8 Å². The molecule has 0 amide bonds. The molecule has 0 aliphatic heterocycles. The molecule has 2 rings (SSSR count). The Hall–Kier alpha value is -1.74. The van der Waals surface area contributed by atoms with Gasteiger partial charge in [0.2, 0.25) is 0 Å². The lowest BCUT2D eigenvalue weighted by Crippen LogP contribution is -2.23. The second-order valence-electron chi connectivity index (χ2n) is 5.53. The van der Waals surface area contributed by atoms with E-state index in [9.17, 15) is 8.78 Å². The summed E-state index contributed by atoms with van der Waals surface area (Å²) in [7, 11) is 0. The van der Waals surface area contributed by atoms with Gasteiger partial charge in [0.1, 0.15) is 11.6 Å². The van der Waals surface area contributed by atoms with Gasteiger partial charge in [-0.3, -0.25) is 0 Å². The first kappa shape index (κ1) is 15.6. The molecule has 0 heterocycles. The van der Waals surface area contributed by atoms with Crippen LogP contribution in [-0.4, -0.2) is 6.54 Å². The summed E-state index contributed by atoms with van der Waals surface area (Å²) >= 11 is 0. The third kappa shape index (κ3) is 3.48. The third-order valence-electron chi connectivity index (χ3n) is 3.57. The molecule has 0 fully saturated rings. The van der Waals surface area contributed by atoms with E-state index in [2.05, 4.69) is 11.4 Å². The molecule has 21 heavy (non-hydrogen) atoms. The van der Waals surface area contributed by atoms with Crippen LogP contribution in [0.15, 0.2) is 30.3 Å². The standard InChI is InChI=1S/C18H21F2N/c1-5-21-18(14-7-11(2)6-12(3)8-14)15-10-16(19)13(4)9-17(15)20/h6-10,18,21H,5H2,1-4H3. The van der Waals surface area contributed by atoms with Crippen molar-refractivity contribution in [3.05, 3.63) is 69.8 Å². The first-order valence-corrected chi connectivity index (χ1v) is 7.19. The summed E-state index contributed by atoms with van der Waals surface area (Å²) in [4.78, 5) is 0. The summed E-state index contributed by atoms with van der Waals surface area (Å²) in [6, 6.07) is 8.31. The molecule has 0 aromatic heterocycles. The van der Waals surface area contributed by atoms with Gasteiger partial charge < -0.3 is 5.32 Å². The number of rotatable bonds is 4. The molecule has 0 saturated heterocycles. The Kier molecular flexibility index (Phi) is 4.73. The molecule has 1 atom stereocenters. The van der Waals surface area contributed by atoms with Gasteiger partial charge in [-0.15, -0.1) is 0 Å². The first-order chi connectivity index (χ1) is 9.92. The van der Waals surface area contributed by atoms with Crippen LogP contribution in [0.3, 0.4) is 0 Å². The van der Waals surface area contributed by atoms with Gasteiger partial charge in [0, 0.05) is 5.56 Å². The highest BCUT2D eigenvalue weighted by atomic mass is 19.1. The number of hydrogen-bond donors (Lipinski definition) is 1. The molecule has 2 aromatic rings. The van der Waals surface area contributed by atoms with Crippen molar-refractivity contribution in [1.29, 1.82) is 0 Å². The number of halogens is 2. The fourth-order valence-electron chi connectivity index (χ4n) is 2.67. The lowest BCUT2D eigenvalue weighted by molar-refractivity contribution is 0.541. The van der Waals surface area contributed by atoms with Crippen LogP contribution in [0, 0.1) is 32.4 Å². The number of benzene rings is 2. The summed E-state index contributed by atoms with van der Waals surface area (Å²) in [6.07, 6.45) is 0. The van der Waals surface area contributed by atoms with Gasteiger partial charge in [0.15, 0.2) is 0 Å². The highest BCUT2D eigenvalue weighted by Gasteiger charge is 2.19. The van der Waals surface area contributed by atoms with Crippen molar-refractivity contribution >= 4 is 0 Å². The number of hydrogen-bond acceptors (Lipinski definition) is 1. The summed E-state index contributed by atoms with van der Waals surface area (Å²) in [5, 5.41) is 3.25. The van der Waals surface area contributed by atoms with Gasteiger partial charge in [0.05, 0.1) is 6.04 Å². The Morgan fingerprint density at radius 1 is 0.905 bits per heavy atom. The third-order valence-corrected chi connectivity index (χ3v) is 3.57. The molecule has 1 N–H and O–H groups in total. The Morgan fingerprint density at radius 3 is 2.10 bits per heavy atom. The van der Waals surface area contributed by atoms with Crippen LogP contribution in [0.2, 0.25) is 0 Å². The van der Waals surface area contributed by atoms with Crippen molar-refractivity contribution in [2.24, 2.45) is 0 Å². The fraction of sp³-hybridized carbons (Fsp3) is 0.333. The van der Waals surface area contributed by atoms with Gasteiger partial charge in [0.25, 0.3) is 0 Å². The topological polar surface area (TPSA) is 12.0 Å². The number of aryl methyl sites for hydroxylation is 3. The minimum absolute atomic E-state index is 0.326. The lowest BCUT2D eigenvalue weighted by Gasteiger charge is -2.21. The molecular formula is C18H21F2N. The lowest BCUT2D eigenvalue weighted by atomic mass is 9.94. The van der Waals surface area contributed by atoms with Gasteiger partial charge in [-0.1, -0.05) is 36.2 Å². The van der Waals surface area contributed by atoms with Crippen molar-refractivity contribution < 1.29 is 8.78 Å². The second kappa shape index (κ2) is 6.35. The predicted molar refractivity (Wildman–Crippen MR) is 82.5 cm³/mol. The molecule has 112 valence electrons. The Labute approximate surface area is 125 Å². The van der Waals surface area contributed by atoms with Crippen LogP contribution in [0.4, 0.5) is 8.78 Å². The molecule has 0 saturated carbocycles. The maximum atomic E-state index is 14.3. The summed E-state index contributed by atoms with van der Waals surface area (Å²) in [5.74, 6) is -0.752. The highest BCUT2D eigenvalue weighted by molar-refractivity contribution is 5.38. The molecule has 0 radical (unpaired) electrons. The Morgan fingerprint density at radius 2 is 1.52 bits per heavy atom. The van der Waals surface area contributed by atoms with Crippen molar-refractivity contribution in [3.63, 3.8) is 0 Å². The maximum absolute atomic E-state index is 14.3. The van der Waals surface area contributed by atoms with Crippen LogP contribution >= 0.6 is 0 Å². The SMILES string of the molecule is CCNC(c1cc(C)cc(C)c1)c1cc(F)c(C)cc1F. The maximum Gasteiger partial charge on any atom is 0.128 e. The van der Waals surface area contributed by atoms with Gasteiger partial charge in [-0.25, -0.2) is 8.78 Å². The summed E-state index contributed by atoms with van der Waals surface area (Å²) in [5.41, 5.74) is 3.86. The van der Waals surface area contributed by atoms with E-state index in [1.807, 2.05) is 32.9 Å². The van der Waals surface area contributed by atoms with Gasteiger partial charge >= 0.3 is 0 Å². The quantitative estimate of drug-likeness (QED) is 0.868. The first-order valence-electron chi connectivity index (χ1n) is 7.19. The van der Waals surface area contributed by atoms with Crippen LogP contribution < -0.4 is 5.32 Å². The van der Waals surface area contributed by atoms with E-state index >= 15 is 0 Å². The zero-order valence-electron chi connectivity index (χ0n) is 12.9. The molecule has 3 heteroatoms. The summed E-state index contributed by atoms with van der Waals surface area (Å²) < 4.78 is 28.1. The Bertz CT molecular complexity index is 630. The number of nitrogens with one attached hydrogen (secondary N) is 1. The van der Waals surface area contributed by atoms with E-state index in [1.54, 1.807) is 6.92 Å². The minimum Gasteiger partial charge on any atom is -0.306 e. The van der Waals surface area contributed by atoms with E-state index in [-0.39, 0.29) is 17.7 Å². The van der Waals surface area contributed by atoms with Crippen molar-refractivity contribution in [1.82, 2.24) is 5.32 Å². The van der Waals surface area contributed by atoms with E-state index in [0.717, 1.165) is 16.7 Å². The molecule has 0 aliphatic rings. The molecule has 2 aromatic carbocycles. The van der Waals surface area contributed by atoms with E-state index in [0.29, 0.717) is 17.7 Å². The normalized spacial score (nSPS) is 12.5. The van der Waals surface area contributed by atoms with Crippen molar-refractivity contribution in [3.8, 4) is 0 Å². The van der Waals surface area contributed by atoms with E-state index < -0.39 is 0 Å². The summed E-state index contributed by atoms with van der Waals surface area (Å²) in [6.45, 7) is 8.21. The van der Waals surface area contributed by atoms with Crippen LogP contribution in [0.5, 0.6) is 0 Å². The van der Waals surface area contributed by atoms with Gasteiger partial charge in [-0.2, -0.15) is 0 Å². The molecule has 0 aliphatic carbocycles. The average Bonchev–Trinajstić information content (AvgIpc) is 2.39. The Balaban J connectivity index is 2.55. The van der Waals surface area contributed by atoms with E-state index in [1.165, 1.54) is 12.1 Å².